The molecule has 0 amide bonds. The maximum atomic E-state index is 13.8. The predicted molar refractivity (Wildman–Crippen MR) is 121 cm³/mol. The van der Waals surface area contributed by atoms with Gasteiger partial charge in [-0.2, -0.15) is 14.0 Å². The number of nitrogens with zero attached hydrogens (tertiary/aromatic N) is 1. The number of rotatable bonds is 7. The smallest absolute Gasteiger partial charge is 0.349 e. The molecule has 1 atom stereocenters. The van der Waals surface area contributed by atoms with Crippen molar-refractivity contribution in [1.29, 1.82) is 5.26 Å². The number of nitriles is 1. The molecule has 0 radical (unpaired) electrons. The van der Waals surface area contributed by atoms with Gasteiger partial charge in [-0.1, -0.05) is 24.3 Å². The van der Waals surface area contributed by atoms with Gasteiger partial charge in [0, 0.05) is 17.2 Å². The fourth-order valence-corrected chi connectivity index (χ4v) is 3.83. The Morgan fingerprint density at radius 2 is 1.63 bits per heavy atom. The quantitative estimate of drug-likeness (QED) is 0.150. The summed E-state index contributed by atoms with van der Waals surface area (Å²) in [6.07, 6.45) is 0. The van der Waals surface area contributed by atoms with Crippen molar-refractivity contribution in [2.24, 2.45) is 5.73 Å². The van der Waals surface area contributed by atoms with E-state index in [1.54, 1.807) is 31.2 Å². The monoisotopic (exact) mass is 532 g/mol. The van der Waals surface area contributed by atoms with E-state index >= 15 is 0 Å². The summed E-state index contributed by atoms with van der Waals surface area (Å²) in [6, 6.07) is 13.2. The number of carbonyl (C=O) groups is 1. The second kappa shape index (κ2) is 10.7. The lowest BCUT2D eigenvalue weighted by atomic mass is 9.83. The Labute approximate surface area is 212 Å². The molecule has 0 spiro atoms. The first-order valence-electron chi connectivity index (χ1n) is 11.0. The second-order valence-electron chi connectivity index (χ2n) is 7.76. The normalized spacial score (nSPS) is 14.3. The molecule has 3 aromatic carbocycles. The molecule has 3 aromatic rings. The largest absolute Gasteiger partial charge is 0.494 e. The summed E-state index contributed by atoms with van der Waals surface area (Å²) in [5, 5.41) is 9.74. The van der Waals surface area contributed by atoms with Crippen molar-refractivity contribution in [2.75, 3.05) is 13.2 Å². The van der Waals surface area contributed by atoms with Crippen LogP contribution < -0.4 is 24.7 Å². The van der Waals surface area contributed by atoms with Crippen LogP contribution in [-0.4, -0.2) is 19.2 Å². The van der Waals surface area contributed by atoms with Crippen LogP contribution in [0.25, 0.3) is 0 Å². The lowest BCUT2D eigenvalue weighted by Gasteiger charge is -2.27. The van der Waals surface area contributed by atoms with E-state index in [-0.39, 0.29) is 23.0 Å². The van der Waals surface area contributed by atoms with Crippen molar-refractivity contribution in [3.05, 3.63) is 94.1 Å². The molecule has 0 saturated carbocycles. The Morgan fingerprint density at radius 3 is 2.29 bits per heavy atom. The maximum Gasteiger partial charge on any atom is 0.349 e. The van der Waals surface area contributed by atoms with Crippen LogP contribution in [0.1, 0.15) is 24.0 Å². The number of carbonyl (C=O) groups excluding carboxylic acids is 1. The first kappa shape index (κ1) is 26.3. The molecular weight excluding hydrogens is 515 g/mol. The van der Waals surface area contributed by atoms with Crippen LogP contribution in [0, 0.1) is 40.4 Å². The summed E-state index contributed by atoms with van der Waals surface area (Å²) in [4.78, 5) is 12.2. The maximum absolute atomic E-state index is 13.8. The van der Waals surface area contributed by atoms with Gasteiger partial charge in [0.2, 0.25) is 35.0 Å². The Morgan fingerprint density at radius 1 is 0.974 bits per heavy atom. The van der Waals surface area contributed by atoms with Gasteiger partial charge in [0.25, 0.3) is 0 Å². The molecule has 7 nitrogen and oxygen atoms in total. The fourth-order valence-electron chi connectivity index (χ4n) is 3.83. The predicted octanol–water partition coefficient (Wildman–Crippen LogP) is 4.98. The van der Waals surface area contributed by atoms with Crippen LogP contribution >= 0.6 is 0 Å². The van der Waals surface area contributed by atoms with Crippen molar-refractivity contribution < 1.29 is 45.7 Å². The first-order chi connectivity index (χ1) is 18.2. The van der Waals surface area contributed by atoms with E-state index in [1.165, 1.54) is 18.2 Å². The Bertz CT molecular complexity index is 1470. The average molecular weight is 532 g/mol. The van der Waals surface area contributed by atoms with Crippen molar-refractivity contribution in [3.8, 4) is 29.1 Å². The second-order valence-corrected chi connectivity index (χ2v) is 7.76. The van der Waals surface area contributed by atoms with Crippen LogP contribution in [0.4, 0.5) is 22.0 Å². The number of para-hydroxylation sites is 1. The zero-order chi connectivity index (χ0) is 27.6. The molecule has 2 N–H and O–H groups in total. The Balaban J connectivity index is 1.58. The molecule has 38 heavy (non-hydrogen) atoms. The molecule has 4 rings (SSSR count). The van der Waals surface area contributed by atoms with Crippen molar-refractivity contribution in [1.82, 2.24) is 0 Å². The van der Waals surface area contributed by atoms with Gasteiger partial charge in [-0.25, -0.2) is 18.0 Å². The summed E-state index contributed by atoms with van der Waals surface area (Å²) < 4.78 is 88.2. The van der Waals surface area contributed by atoms with Gasteiger partial charge >= 0.3 is 5.97 Å². The number of fused-ring (bicyclic) bond motifs is 1. The number of ether oxygens (including phenoxy) is 4. The third-order valence-corrected chi connectivity index (χ3v) is 5.46. The highest BCUT2D eigenvalue weighted by Crippen LogP contribution is 2.45. The molecule has 1 unspecified atom stereocenters. The highest BCUT2D eigenvalue weighted by molar-refractivity contribution is 5.74. The molecule has 0 saturated heterocycles. The van der Waals surface area contributed by atoms with E-state index in [0.717, 1.165) is 0 Å². The number of nitrogens with two attached hydrogens (primary N) is 1. The van der Waals surface area contributed by atoms with E-state index in [1.807, 2.05) is 6.07 Å². The number of allylic oxidation sites excluding steroid dienone is 1. The molecule has 1 aliphatic rings. The van der Waals surface area contributed by atoms with E-state index < -0.39 is 53.3 Å². The lowest BCUT2D eigenvalue weighted by molar-refractivity contribution is -0.136. The highest BCUT2D eigenvalue weighted by Gasteiger charge is 2.33. The average Bonchev–Trinajstić information content (AvgIpc) is 2.90. The summed E-state index contributed by atoms with van der Waals surface area (Å²) in [5.41, 5.74) is 7.26. The Hall–Kier alpha value is -4.79. The van der Waals surface area contributed by atoms with Crippen LogP contribution in [0.15, 0.2) is 53.9 Å². The first-order valence-corrected chi connectivity index (χ1v) is 11.0. The van der Waals surface area contributed by atoms with E-state index in [2.05, 4.69) is 4.74 Å². The standard InChI is InChI=1S/C26H17F5N2O5/c1-2-35-16-6-4-3-5-13(16)19-14-8-7-12(9-17(14)38-26(33)15(19)10-32)37-18(34)11-36-25-23(30)21(28)20(27)22(29)24(25)31/h3-9,19H,2,11,33H2,1H3. The van der Waals surface area contributed by atoms with Gasteiger partial charge in [0.05, 0.1) is 12.5 Å². The Kier molecular flexibility index (Phi) is 7.38. The third-order valence-electron chi connectivity index (χ3n) is 5.46. The van der Waals surface area contributed by atoms with Gasteiger partial charge in [-0.15, -0.1) is 0 Å². The number of hydrogen-bond donors (Lipinski definition) is 1. The third kappa shape index (κ3) is 4.78. The fraction of sp³-hybridized carbons (Fsp3) is 0.154. The van der Waals surface area contributed by atoms with Crippen LogP contribution in [0.2, 0.25) is 0 Å². The molecule has 0 aliphatic carbocycles. The summed E-state index contributed by atoms with van der Waals surface area (Å²) in [6.45, 7) is 0.998. The van der Waals surface area contributed by atoms with Crippen LogP contribution in [0.5, 0.6) is 23.0 Å². The van der Waals surface area contributed by atoms with E-state index in [4.69, 9.17) is 19.9 Å². The SMILES string of the molecule is CCOc1ccccc1C1C(C#N)=C(N)Oc2cc(OC(=O)COc3c(F)c(F)c(F)c(F)c3F)ccc21. The van der Waals surface area contributed by atoms with Crippen LogP contribution in [-0.2, 0) is 4.79 Å². The van der Waals surface area contributed by atoms with Gasteiger partial charge in [0.15, 0.2) is 12.4 Å². The minimum atomic E-state index is -2.36. The molecule has 1 aliphatic heterocycles. The zero-order valence-corrected chi connectivity index (χ0v) is 19.5. The minimum absolute atomic E-state index is 0.111. The molecule has 196 valence electrons. The molecule has 1 heterocycles. The van der Waals surface area contributed by atoms with Gasteiger partial charge in [-0.05, 0) is 19.1 Å². The topological polar surface area (TPSA) is 104 Å². The number of benzene rings is 3. The van der Waals surface area contributed by atoms with E-state index in [0.29, 0.717) is 23.5 Å². The summed E-state index contributed by atoms with van der Waals surface area (Å²) in [5.74, 6) is -14.4. The number of hydrogen-bond acceptors (Lipinski definition) is 7. The number of halogens is 5. The molecule has 12 heteroatoms. The van der Waals surface area contributed by atoms with Gasteiger partial charge in [0.1, 0.15) is 28.9 Å². The van der Waals surface area contributed by atoms with Crippen molar-refractivity contribution in [2.45, 2.75) is 12.8 Å². The zero-order valence-electron chi connectivity index (χ0n) is 19.5. The lowest BCUT2D eigenvalue weighted by Crippen LogP contribution is -2.22. The van der Waals surface area contributed by atoms with Crippen molar-refractivity contribution in [3.63, 3.8) is 0 Å². The molecule has 0 bridgehead atoms. The summed E-state index contributed by atoms with van der Waals surface area (Å²) in [7, 11) is 0. The van der Waals surface area contributed by atoms with E-state index in [9.17, 15) is 32.0 Å². The minimum Gasteiger partial charge on any atom is -0.494 e. The van der Waals surface area contributed by atoms with Crippen molar-refractivity contribution >= 4 is 5.97 Å². The molecular formula is C26H17F5N2O5. The van der Waals surface area contributed by atoms with Crippen LogP contribution in [0.3, 0.4) is 0 Å². The molecule has 0 aromatic heterocycles. The van der Waals surface area contributed by atoms with Gasteiger partial charge in [-0.3, -0.25) is 0 Å². The highest BCUT2D eigenvalue weighted by atomic mass is 19.2. The number of esters is 1. The summed E-state index contributed by atoms with van der Waals surface area (Å²) >= 11 is 0. The molecule has 0 fully saturated rings. The van der Waals surface area contributed by atoms with Gasteiger partial charge < -0.3 is 24.7 Å².